The van der Waals surface area contributed by atoms with Gasteiger partial charge in [0.15, 0.2) is 0 Å². The molecular formula is C11H19N3O3S. The minimum Gasteiger partial charge on any atom is -0.380 e. The molecule has 2 rings (SSSR count). The van der Waals surface area contributed by atoms with Crippen molar-refractivity contribution in [3.05, 3.63) is 18.0 Å². The van der Waals surface area contributed by atoms with Gasteiger partial charge >= 0.3 is 0 Å². The second kappa shape index (κ2) is 5.83. The van der Waals surface area contributed by atoms with E-state index in [4.69, 9.17) is 4.74 Å². The van der Waals surface area contributed by atoms with Crippen LogP contribution in [0, 0.1) is 0 Å². The van der Waals surface area contributed by atoms with Gasteiger partial charge in [-0.15, -0.1) is 0 Å². The second-order valence-electron chi connectivity index (χ2n) is 4.32. The topological polar surface area (TPSA) is 83.2 Å². The molecule has 1 aromatic rings. The van der Waals surface area contributed by atoms with E-state index in [1.54, 1.807) is 6.07 Å². The highest BCUT2D eigenvalue weighted by atomic mass is 32.2. The third-order valence-corrected chi connectivity index (χ3v) is 4.34. The lowest BCUT2D eigenvalue weighted by Crippen LogP contribution is -2.34. The van der Waals surface area contributed by atoms with Crippen LogP contribution in [0.15, 0.2) is 17.2 Å². The zero-order valence-electron chi connectivity index (χ0n) is 10.4. The highest BCUT2D eigenvalue weighted by molar-refractivity contribution is 7.89. The van der Waals surface area contributed by atoms with Crippen molar-refractivity contribution in [3.8, 4) is 0 Å². The summed E-state index contributed by atoms with van der Waals surface area (Å²) < 4.78 is 31.9. The number of nitrogens with one attached hydrogen (secondary N) is 3. The van der Waals surface area contributed by atoms with Crippen LogP contribution < -0.4 is 10.0 Å². The van der Waals surface area contributed by atoms with E-state index in [9.17, 15) is 8.42 Å². The molecule has 3 N–H and O–H groups in total. The van der Waals surface area contributed by atoms with Crippen molar-refractivity contribution in [2.45, 2.75) is 30.8 Å². The van der Waals surface area contributed by atoms with Gasteiger partial charge in [0.2, 0.25) is 10.0 Å². The number of aromatic nitrogens is 1. The van der Waals surface area contributed by atoms with E-state index in [2.05, 4.69) is 15.0 Å². The lowest BCUT2D eigenvalue weighted by Gasteiger charge is -2.09. The average molecular weight is 273 g/mol. The molecule has 0 aliphatic carbocycles. The predicted octanol–water partition coefficient (Wildman–Crippen LogP) is 0.191. The summed E-state index contributed by atoms with van der Waals surface area (Å²) in [6.07, 6.45) is 2.25. The first-order valence-corrected chi connectivity index (χ1v) is 7.58. The lowest BCUT2D eigenvalue weighted by molar-refractivity contribution is 0.192. The maximum Gasteiger partial charge on any atom is 0.242 e. The third kappa shape index (κ3) is 3.32. The van der Waals surface area contributed by atoms with Gasteiger partial charge in [-0.25, -0.2) is 13.1 Å². The van der Waals surface area contributed by atoms with Crippen LogP contribution in [-0.2, 0) is 21.3 Å². The molecular weight excluding hydrogens is 254 g/mol. The number of rotatable bonds is 6. The van der Waals surface area contributed by atoms with Crippen molar-refractivity contribution in [1.29, 1.82) is 0 Å². The van der Waals surface area contributed by atoms with Crippen LogP contribution >= 0.6 is 0 Å². The summed E-state index contributed by atoms with van der Waals surface area (Å²) >= 11 is 0. The van der Waals surface area contributed by atoms with Gasteiger partial charge < -0.3 is 15.0 Å². The van der Waals surface area contributed by atoms with Gasteiger partial charge in [0.1, 0.15) is 0 Å². The third-order valence-electron chi connectivity index (χ3n) is 2.84. The van der Waals surface area contributed by atoms with Crippen LogP contribution in [0.5, 0.6) is 0 Å². The molecule has 1 aromatic heterocycles. The minimum absolute atomic E-state index is 0.109. The maximum absolute atomic E-state index is 12.1. The molecule has 0 spiro atoms. The molecule has 2 heterocycles. The zero-order chi connectivity index (χ0) is 13.0. The average Bonchev–Trinajstić information content (AvgIpc) is 2.96. The summed E-state index contributed by atoms with van der Waals surface area (Å²) in [5.41, 5.74) is 0.861. The fourth-order valence-corrected chi connectivity index (χ4v) is 3.12. The Morgan fingerprint density at radius 1 is 1.56 bits per heavy atom. The second-order valence-corrected chi connectivity index (χ2v) is 6.04. The quantitative estimate of drug-likeness (QED) is 0.691. The molecule has 1 saturated heterocycles. The van der Waals surface area contributed by atoms with E-state index in [1.807, 2.05) is 6.92 Å². The summed E-state index contributed by atoms with van der Waals surface area (Å²) in [5.74, 6) is 0. The molecule has 0 aromatic carbocycles. The van der Waals surface area contributed by atoms with Crippen molar-refractivity contribution in [2.75, 3.05) is 19.8 Å². The highest BCUT2D eigenvalue weighted by Crippen LogP contribution is 2.13. The van der Waals surface area contributed by atoms with Crippen LogP contribution in [0.1, 0.15) is 19.0 Å². The van der Waals surface area contributed by atoms with Gasteiger partial charge in [0, 0.05) is 31.1 Å². The van der Waals surface area contributed by atoms with Gasteiger partial charge in [-0.1, -0.05) is 6.92 Å². The highest BCUT2D eigenvalue weighted by Gasteiger charge is 2.24. The fourth-order valence-electron chi connectivity index (χ4n) is 1.85. The fraction of sp³-hybridized carbons (Fsp3) is 0.636. The number of hydrogen-bond acceptors (Lipinski definition) is 4. The lowest BCUT2D eigenvalue weighted by atomic mass is 10.3. The van der Waals surface area contributed by atoms with E-state index in [1.165, 1.54) is 6.20 Å². The predicted molar refractivity (Wildman–Crippen MR) is 67.7 cm³/mol. The first kappa shape index (κ1) is 13.5. The summed E-state index contributed by atoms with van der Waals surface area (Å²) in [4.78, 5) is 3.24. The van der Waals surface area contributed by atoms with Crippen LogP contribution in [-0.4, -0.2) is 39.2 Å². The van der Waals surface area contributed by atoms with Gasteiger partial charge in [-0.05, 0) is 19.0 Å². The van der Waals surface area contributed by atoms with E-state index < -0.39 is 10.0 Å². The first-order valence-electron chi connectivity index (χ1n) is 6.10. The Morgan fingerprint density at radius 2 is 2.39 bits per heavy atom. The van der Waals surface area contributed by atoms with Crippen molar-refractivity contribution in [3.63, 3.8) is 0 Å². The molecule has 0 radical (unpaired) electrons. The smallest absolute Gasteiger partial charge is 0.242 e. The number of hydrogen-bond donors (Lipinski definition) is 3. The molecule has 7 heteroatoms. The summed E-state index contributed by atoms with van der Waals surface area (Å²) in [6.45, 7) is 4.56. The Bertz CT molecular complexity index is 477. The summed E-state index contributed by atoms with van der Waals surface area (Å²) in [5, 5.41) is 3.14. The van der Waals surface area contributed by atoms with Crippen LogP contribution in [0.25, 0.3) is 0 Å². The molecule has 102 valence electrons. The Kier molecular flexibility index (Phi) is 4.39. The Morgan fingerprint density at radius 3 is 3.06 bits per heavy atom. The molecule has 0 bridgehead atoms. The number of aromatic amines is 1. The Balaban J connectivity index is 2.02. The van der Waals surface area contributed by atoms with Crippen molar-refractivity contribution in [2.24, 2.45) is 0 Å². The van der Waals surface area contributed by atoms with E-state index in [0.717, 1.165) is 18.7 Å². The SMILES string of the molecule is CCNCc1cc(S(=O)(=O)NC2CCOC2)c[nH]1. The molecule has 1 atom stereocenters. The first-order chi connectivity index (χ1) is 8.62. The van der Waals surface area contributed by atoms with E-state index in [-0.39, 0.29) is 10.9 Å². The molecule has 0 saturated carbocycles. The van der Waals surface area contributed by atoms with Gasteiger partial charge in [-0.2, -0.15) is 0 Å². The van der Waals surface area contributed by atoms with Crippen molar-refractivity contribution >= 4 is 10.0 Å². The minimum atomic E-state index is -3.44. The number of H-pyrrole nitrogens is 1. The number of ether oxygens (including phenoxy) is 1. The molecule has 1 fully saturated rings. The number of sulfonamides is 1. The molecule has 1 aliphatic rings. The Hall–Kier alpha value is -0.890. The standard InChI is InChI=1S/C11H19N3O3S/c1-2-12-6-10-5-11(7-13-10)18(15,16)14-9-3-4-17-8-9/h5,7,9,12-14H,2-4,6,8H2,1H3. The van der Waals surface area contributed by atoms with Crippen LogP contribution in [0.3, 0.4) is 0 Å². The summed E-state index contributed by atoms with van der Waals surface area (Å²) in [7, 11) is -3.44. The Labute approximate surface area is 107 Å². The van der Waals surface area contributed by atoms with E-state index in [0.29, 0.717) is 19.8 Å². The van der Waals surface area contributed by atoms with E-state index >= 15 is 0 Å². The molecule has 1 aliphatic heterocycles. The molecule has 18 heavy (non-hydrogen) atoms. The monoisotopic (exact) mass is 273 g/mol. The van der Waals surface area contributed by atoms with Gasteiger partial charge in [-0.3, -0.25) is 0 Å². The zero-order valence-corrected chi connectivity index (χ0v) is 11.2. The maximum atomic E-state index is 12.1. The van der Waals surface area contributed by atoms with Crippen LogP contribution in [0.4, 0.5) is 0 Å². The van der Waals surface area contributed by atoms with Crippen LogP contribution in [0.2, 0.25) is 0 Å². The van der Waals surface area contributed by atoms with Gasteiger partial charge in [0.25, 0.3) is 0 Å². The van der Waals surface area contributed by atoms with Crippen molar-refractivity contribution in [1.82, 2.24) is 15.0 Å². The molecule has 1 unspecified atom stereocenters. The van der Waals surface area contributed by atoms with Crippen molar-refractivity contribution < 1.29 is 13.2 Å². The van der Waals surface area contributed by atoms with Gasteiger partial charge in [0.05, 0.1) is 11.5 Å². The summed E-state index contributed by atoms with van der Waals surface area (Å²) in [6, 6.07) is 1.54. The normalized spacial score (nSPS) is 20.4. The molecule has 0 amide bonds. The molecule has 6 nitrogen and oxygen atoms in total. The largest absolute Gasteiger partial charge is 0.380 e.